The van der Waals surface area contributed by atoms with Crippen molar-refractivity contribution in [3.8, 4) is 0 Å². The van der Waals surface area contributed by atoms with Crippen molar-refractivity contribution in [2.24, 2.45) is 0 Å². The first kappa shape index (κ1) is 20.8. The predicted molar refractivity (Wildman–Crippen MR) is 93.1 cm³/mol. The van der Waals surface area contributed by atoms with E-state index in [0.29, 0.717) is 18.8 Å². The molecule has 22 heavy (non-hydrogen) atoms. The summed E-state index contributed by atoms with van der Waals surface area (Å²) < 4.78 is 10.4. The highest BCUT2D eigenvalue weighted by molar-refractivity contribution is 6.76. The quantitative estimate of drug-likeness (QED) is 0.305. The fourth-order valence-corrected chi connectivity index (χ4v) is 2.30. The van der Waals surface area contributed by atoms with Gasteiger partial charge in [-0.2, -0.15) is 0 Å². The summed E-state index contributed by atoms with van der Waals surface area (Å²) in [6.07, 6.45) is 0. The van der Waals surface area contributed by atoms with Crippen molar-refractivity contribution in [3.05, 3.63) is 39.9 Å². The van der Waals surface area contributed by atoms with E-state index in [4.69, 9.17) is 9.47 Å². The lowest BCUT2D eigenvalue weighted by Crippen LogP contribution is -2.21. The standard InChI is InChI=1S/C9H11NO3.C7H18OSi/c1-2-13-7-8-5-3-4-6-9(8)10(11)12;1-5-8-6-7-9(2,3)4/h3-6H,2,7H2,1H3;5-7H2,1-4H3. The Labute approximate surface area is 134 Å². The topological polar surface area (TPSA) is 61.6 Å². The second-order valence-corrected chi connectivity index (χ2v) is 11.7. The molecular formula is C16H29NO4Si. The summed E-state index contributed by atoms with van der Waals surface area (Å²) >= 11 is 0. The summed E-state index contributed by atoms with van der Waals surface area (Å²) in [6, 6.07) is 7.89. The SMILES string of the molecule is CCOCC[Si](C)(C)C.CCOCc1ccccc1[N+](=O)[O-]. The van der Waals surface area contributed by atoms with Gasteiger partial charge in [-0.1, -0.05) is 31.8 Å². The molecule has 0 spiro atoms. The molecule has 0 aliphatic rings. The fourth-order valence-electron chi connectivity index (χ4n) is 1.55. The van der Waals surface area contributed by atoms with Gasteiger partial charge in [0.1, 0.15) is 0 Å². The Morgan fingerprint density at radius 1 is 1.09 bits per heavy atom. The van der Waals surface area contributed by atoms with Gasteiger partial charge in [-0.15, -0.1) is 0 Å². The van der Waals surface area contributed by atoms with Gasteiger partial charge in [0.25, 0.3) is 5.69 Å². The van der Waals surface area contributed by atoms with Gasteiger partial charge >= 0.3 is 0 Å². The molecule has 5 nitrogen and oxygen atoms in total. The molecular weight excluding hydrogens is 298 g/mol. The van der Waals surface area contributed by atoms with Gasteiger partial charge in [0.05, 0.1) is 17.1 Å². The molecule has 0 amide bonds. The Balaban J connectivity index is 0.000000433. The van der Waals surface area contributed by atoms with Gasteiger partial charge < -0.3 is 9.47 Å². The van der Waals surface area contributed by atoms with E-state index >= 15 is 0 Å². The number of hydrogen-bond donors (Lipinski definition) is 0. The molecule has 0 fully saturated rings. The van der Waals surface area contributed by atoms with E-state index < -0.39 is 13.0 Å². The van der Waals surface area contributed by atoms with Gasteiger partial charge in [0.2, 0.25) is 0 Å². The highest BCUT2D eigenvalue weighted by atomic mass is 28.3. The van der Waals surface area contributed by atoms with Crippen molar-refractivity contribution in [2.45, 2.75) is 46.1 Å². The molecule has 0 unspecified atom stereocenters. The Morgan fingerprint density at radius 2 is 1.68 bits per heavy atom. The molecule has 126 valence electrons. The number of rotatable bonds is 8. The van der Waals surface area contributed by atoms with Crippen LogP contribution in [0.2, 0.25) is 25.7 Å². The van der Waals surface area contributed by atoms with Crippen molar-refractivity contribution in [1.82, 2.24) is 0 Å². The summed E-state index contributed by atoms with van der Waals surface area (Å²) in [5, 5.41) is 10.5. The molecule has 0 radical (unpaired) electrons. The Kier molecular flexibility index (Phi) is 10.7. The van der Waals surface area contributed by atoms with Gasteiger partial charge in [-0.25, -0.2) is 0 Å². The minimum absolute atomic E-state index is 0.121. The maximum Gasteiger partial charge on any atom is 0.274 e. The average molecular weight is 327 g/mol. The van der Waals surface area contributed by atoms with Crippen LogP contribution in [-0.4, -0.2) is 32.8 Å². The third-order valence-electron chi connectivity index (χ3n) is 2.85. The van der Waals surface area contributed by atoms with Crippen LogP contribution in [0, 0.1) is 10.1 Å². The summed E-state index contributed by atoms with van der Waals surface area (Å²) in [6.45, 7) is 13.7. The minimum Gasteiger partial charge on any atom is -0.382 e. The number of benzene rings is 1. The predicted octanol–water partition coefficient (Wildman–Crippen LogP) is 4.49. The van der Waals surface area contributed by atoms with Crippen LogP contribution in [0.25, 0.3) is 0 Å². The molecule has 1 rings (SSSR count). The summed E-state index contributed by atoms with van der Waals surface area (Å²) in [7, 11) is -0.819. The Bertz CT molecular complexity index is 432. The highest BCUT2D eigenvalue weighted by Crippen LogP contribution is 2.18. The summed E-state index contributed by atoms with van der Waals surface area (Å²) in [4.78, 5) is 10.1. The zero-order valence-corrected chi connectivity index (χ0v) is 15.4. The molecule has 0 aliphatic carbocycles. The maximum absolute atomic E-state index is 10.5. The second kappa shape index (κ2) is 11.3. The van der Waals surface area contributed by atoms with E-state index in [1.807, 2.05) is 13.8 Å². The minimum atomic E-state index is -0.819. The van der Waals surface area contributed by atoms with Crippen LogP contribution >= 0.6 is 0 Å². The Morgan fingerprint density at radius 3 is 2.18 bits per heavy atom. The number of hydrogen-bond acceptors (Lipinski definition) is 4. The first-order valence-corrected chi connectivity index (χ1v) is 11.4. The number of ether oxygens (including phenoxy) is 2. The number of para-hydroxylation sites is 1. The van der Waals surface area contributed by atoms with Gasteiger partial charge in [-0.3, -0.25) is 10.1 Å². The first-order valence-electron chi connectivity index (χ1n) is 7.69. The normalized spacial score (nSPS) is 10.8. The van der Waals surface area contributed by atoms with Crippen molar-refractivity contribution in [1.29, 1.82) is 0 Å². The smallest absolute Gasteiger partial charge is 0.274 e. The van der Waals surface area contributed by atoms with Crippen LogP contribution in [0.4, 0.5) is 5.69 Å². The molecule has 1 aromatic rings. The molecule has 6 heteroatoms. The average Bonchev–Trinajstić information content (AvgIpc) is 2.45. The van der Waals surface area contributed by atoms with Gasteiger partial charge in [0, 0.05) is 34.0 Å². The summed E-state index contributed by atoms with van der Waals surface area (Å²) in [5.74, 6) is 0. The van der Waals surface area contributed by atoms with Gasteiger partial charge in [0.15, 0.2) is 0 Å². The maximum atomic E-state index is 10.5. The zero-order chi connectivity index (χ0) is 17.0. The Hall–Kier alpha value is -1.24. The van der Waals surface area contributed by atoms with E-state index in [1.165, 1.54) is 12.1 Å². The third-order valence-corrected chi connectivity index (χ3v) is 4.55. The van der Waals surface area contributed by atoms with E-state index in [0.717, 1.165) is 13.2 Å². The molecule has 0 bridgehead atoms. The van der Waals surface area contributed by atoms with Crippen molar-refractivity contribution in [3.63, 3.8) is 0 Å². The molecule has 0 aromatic heterocycles. The fraction of sp³-hybridized carbons (Fsp3) is 0.625. The third kappa shape index (κ3) is 10.5. The van der Waals surface area contributed by atoms with Crippen LogP contribution in [0.15, 0.2) is 24.3 Å². The molecule has 0 saturated heterocycles. The second-order valence-electron chi connectivity index (χ2n) is 6.03. The number of nitro groups is 1. The lowest BCUT2D eigenvalue weighted by Gasteiger charge is -2.14. The van der Waals surface area contributed by atoms with Gasteiger partial charge in [-0.05, 0) is 26.0 Å². The zero-order valence-electron chi connectivity index (χ0n) is 14.4. The van der Waals surface area contributed by atoms with Crippen LogP contribution in [0.3, 0.4) is 0 Å². The van der Waals surface area contributed by atoms with Crippen LogP contribution in [-0.2, 0) is 16.1 Å². The van der Waals surface area contributed by atoms with Crippen LogP contribution in [0.5, 0.6) is 0 Å². The lowest BCUT2D eigenvalue weighted by atomic mass is 10.2. The molecule has 0 saturated carbocycles. The highest BCUT2D eigenvalue weighted by Gasteiger charge is 2.11. The van der Waals surface area contributed by atoms with Crippen molar-refractivity contribution >= 4 is 13.8 Å². The van der Waals surface area contributed by atoms with Crippen molar-refractivity contribution in [2.75, 3.05) is 19.8 Å². The molecule has 1 aromatic carbocycles. The molecule has 0 atom stereocenters. The van der Waals surface area contributed by atoms with E-state index in [1.54, 1.807) is 18.2 Å². The molecule has 0 aliphatic heterocycles. The summed E-state index contributed by atoms with van der Waals surface area (Å²) in [5.41, 5.74) is 0.741. The van der Waals surface area contributed by atoms with E-state index in [9.17, 15) is 10.1 Å². The molecule has 0 N–H and O–H groups in total. The first-order chi connectivity index (χ1) is 10.3. The van der Waals surface area contributed by atoms with Crippen LogP contribution < -0.4 is 0 Å². The lowest BCUT2D eigenvalue weighted by molar-refractivity contribution is -0.385. The molecule has 0 heterocycles. The largest absolute Gasteiger partial charge is 0.382 e. The van der Waals surface area contributed by atoms with Crippen molar-refractivity contribution < 1.29 is 14.4 Å². The monoisotopic (exact) mass is 327 g/mol. The number of nitrogens with zero attached hydrogens (tertiary/aromatic N) is 1. The van der Waals surface area contributed by atoms with E-state index in [-0.39, 0.29) is 5.69 Å². The van der Waals surface area contributed by atoms with E-state index in [2.05, 4.69) is 19.6 Å². The van der Waals surface area contributed by atoms with Crippen LogP contribution in [0.1, 0.15) is 19.4 Å². The number of nitro benzene ring substituents is 1.